The molecule has 2 aliphatic rings. The third-order valence-corrected chi connectivity index (χ3v) is 7.41. The minimum absolute atomic E-state index is 0.00840. The van der Waals surface area contributed by atoms with Gasteiger partial charge in [-0.2, -0.15) is 24.9 Å². The number of aryl methyl sites for hydroxylation is 1. The van der Waals surface area contributed by atoms with Crippen LogP contribution in [-0.4, -0.2) is 40.3 Å². The van der Waals surface area contributed by atoms with Gasteiger partial charge in [0.05, 0.1) is 17.7 Å². The van der Waals surface area contributed by atoms with E-state index in [1.54, 1.807) is 18.7 Å². The number of amides is 1. The summed E-state index contributed by atoms with van der Waals surface area (Å²) in [6.45, 7) is 1.59. The van der Waals surface area contributed by atoms with Crippen molar-refractivity contribution in [1.29, 1.82) is 0 Å². The van der Waals surface area contributed by atoms with Crippen molar-refractivity contribution in [2.24, 2.45) is 5.16 Å². The Balaban J connectivity index is 1.54. The lowest BCUT2D eigenvalue weighted by Gasteiger charge is -2.29. The Morgan fingerprint density at radius 2 is 1.91 bits per heavy atom. The minimum atomic E-state index is -4.83. The zero-order valence-corrected chi connectivity index (χ0v) is 19.8. The van der Waals surface area contributed by atoms with Gasteiger partial charge in [0.25, 0.3) is 11.5 Å². The average molecular weight is 530 g/mol. The lowest BCUT2D eigenvalue weighted by Crippen LogP contribution is -2.43. The van der Waals surface area contributed by atoms with Crippen LogP contribution in [0.1, 0.15) is 33.8 Å². The first-order valence-corrected chi connectivity index (χ1v) is 12.1. The fourth-order valence-electron chi connectivity index (χ4n) is 3.94. The molecule has 178 valence electrons. The molecule has 2 aliphatic heterocycles. The van der Waals surface area contributed by atoms with E-state index in [1.165, 1.54) is 18.2 Å². The van der Waals surface area contributed by atoms with Gasteiger partial charge < -0.3 is 14.6 Å². The molecule has 1 saturated heterocycles. The van der Waals surface area contributed by atoms with E-state index in [9.17, 15) is 18.0 Å². The number of oxazole rings is 1. The summed E-state index contributed by atoms with van der Waals surface area (Å²) in [5.74, 6) is 1.58. The molecule has 12 heteroatoms. The molecule has 1 aromatic heterocycles. The second kappa shape index (κ2) is 8.35. The number of hydrogen-bond donors (Lipinski definition) is 1. The number of carbonyl (C=O) groups is 1. The molecule has 2 aromatic carbocycles. The van der Waals surface area contributed by atoms with Gasteiger partial charge in [0, 0.05) is 45.6 Å². The Hall–Kier alpha value is -2.43. The number of carbonyl (C=O) groups excluding carboxylic acids is 1. The summed E-state index contributed by atoms with van der Waals surface area (Å²) >= 11 is 13.7. The molecule has 3 heterocycles. The molecule has 0 radical (unpaired) electrons. The first kappa shape index (κ1) is 23.3. The molecule has 3 aromatic rings. The van der Waals surface area contributed by atoms with E-state index >= 15 is 0 Å². The summed E-state index contributed by atoms with van der Waals surface area (Å²) < 4.78 is 48.6. The number of oxime groups is 1. The van der Waals surface area contributed by atoms with E-state index in [4.69, 9.17) is 32.5 Å². The molecule has 0 aliphatic carbocycles. The van der Waals surface area contributed by atoms with Crippen LogP contribution in [0.4, 0.5) is 13.2 Å². The Kier molecular flexibility index (Phi) is 5.73. The van der Waals surface area contributed by atoms with Crippen molar-refractivity contribution in [3.63, 3.8) is 0 Å². The van der Waals surface area contributed by atoms with Crippen LogP contribution in [0.2, 0.25) is 10.0 Å². The summed E-state index contributed by atoms with van der Waals surface area (Å²) in [6, 6.07) is 6.72. The number of hydrogen-bond acceptors (Lipinski definition) is 6. The number of benzene rings is 2. The van der Waals surface area contributed by atoms with Crippen molar-refractivity contribution in [3.8, 4) is 0 Å². The largest absolute Gasteiger partial charge is 0.440 e. The third-order valence-electron chi connectivity index (χ3n) is 5.69. The zero-order chi connectivity index (χ0) is 24.3. The van der Waals surface area contributed by atoms with Crippen LogP contribution in [0.15, 0.2) is 39.9 Å². The molecule has 1 unspecified atom stereocenters. The number of halogens is 5. The van der Waals surface area contributed by atoms with Crippen molar-refractivity contribution >= 4 is 57.7 Å². The molecular formula is C22H16Cl2F3N3O3S. The summed E-state index contributed by atoms with van der Waals surface area (Å²) in [7, 11) is 0. The van der Waals surface area contributed by atoms with Crippen LogP contribution >= 0.6 is 35.0 Å². The van der Waals surface area contributed by atoms with Crippen molar-refractivity contribution < 1.29 is 27.2 Å². The Bertz CT molecular complexity index is 1320. The van der Waals surface area contributed by atoms with Gasteiger partial charge in [0.15, 0.2) is 11.5 Å². The van der Waals surface area contributed by atoms with Gasteiger partial charge in [-0.1, -0.05) is 28.4 Å². The summed E-state index contributed by atoms with van der Waals surface area (Å²) in [5, 5.41) is 6.78. The topological polar surface area (TPSA) is 76.7 Å². The van der Waals surface area contributed by atoms with E-state index in [2.05, 4.69) is 15.5 Å². The van der Waals surface area contributed by atoms with Crippen LogP contribution in [0, 0.1) is 6.92 Å². The van der Waals surface area contributed by atoms with Crippen LogP contribution in [0.5, 0.6) is 0 Å². The third kappa shape index (κ3) is 3.91. The van der Waals surface area contributed by atoms with Crippen LogP contribution < -0.4 is 5.32 Å². The lowest BCUT2D eigenvalue weighted by molar-refractivity contribution is -0.275. The molecule has 1 atom stereocenters. The number of thioether (sulfide) groups is 1. The standard InChI is InChI=1S/C22H16Cl2F3N3O3S/c1-10-28-18-15(2-3-16(19(18)32-10)20(31)29-14-8-34-9-14)17-7-21(33-30-17,22(25,26)27)11-4-12(23)6-13(24)5-11/h2-6,14H,7-9H2,1H3,(H,29,31). The number of rotatable bonds is 4. The number of fused-ring (bicyclic) bond motifs is 1. The fraction of sp³-hybridized carbons (Fsp3) is 0.318. The first-order valence-electron chi connectivity index (χ1n) is 10.1. The quantitative estimate of drug-likeness (QED) is 0.457. The monoisotopic (exact) mass is 529 g/mol. The molecule has 5 rings (SSSR count). The van der Waals surface area contributed by atoms with Crippen LogP contribution in [0.3, 0.4) is 0 Å². The smallest absolute Gasteiger partial charge is 0.435 e. The van der Waals surface area contributed by atoms with E-state index in [0.29, 0.717) is 0 Å². The SMILES string of the molecule is Cc1nc2c(C3=NOC(c4cc(Cl)cc(Cl)c4)(C(F)(F)F)C3)ccc(C(=O)NC3CSC3)c2o1. The highest BCUT2D eigenvalue weighted by molar-refractivity contribution is 8.00. The summed E-state index contributed by atoms with van der Waals surface area (Å²) in [4.78, 5) is 22.1. The fourth-order valence-corrected chi connectivity index (χ4v) is 5.11. The molecule has 6 nitrogen and oxygen atoms in total. The summed E-state index contributed by atoms with van der Waals surface area (Å²) in [6.07, 6.45) is -5.47. The maximum Gasteiger partial charge on any atom is 0.435 e. The lowest BCUT2D eigenvalue weighted by atomic mass is 9.86. The second-order valence-electron chi connectivity index (χ2n) is 8.07. The van der Waals surface area contributed by atoms with Gasteiger partial charge in [0.1, 0.15) is 5.52 Å². The molecular weight excluding hydrogens is 514 g/mol. The first-order chi connectivity index (χ1) is 16.1. The predicted octanol–water partition coefficient (Wildman–Crippen LogP) is 5.87. The Morgan fingerprint density at radius 1 is 1.21 bits per heavy atom. The molecule has 1 fully saturated rings. The van der Waals surface area contributed by atoms with Gasteiger partial charge in [-0.15, -0.1) is 0 Å². The van der Waals surface area contributed by atoms with Gasteiger partial charge >= 0.3 is 6.18 Å². The van der Waals surface area contributed by atoms with E-state index in [-0.39, 0.29) is 61.4 Å². The summed E-state index contributed by atoms with van der Waals surface area (Å²) in [5.41, 5.74) is -2.09. The molecule has 0 bridgehead atoms. The highest BCUT2D eigenvalue weighted by Crippen LogP contribution is 2.50. The molecule has 1 amide bonds. The highest BCUT2D eigenvalue weighted by atomic mass is 35.5. The number of nitrogens with zero attached hydrogens (tertiary/aromatic N) is 2. The number of alkyl halides is 3. The van der Waals surface area contributed by atoms with Crippen molar-refractivity contribution in [1.82, 2.24) is 10.3 Å². The highest BCUT2D eigenvalue weighted by Gasteiger charge is 2.62. The van der Waals surface area contributed by atoms with Gasteiger partial charge in [0.2, 0.25) is 0 Å². The maximum atomic E-state index is 14.3. The molecule has 0 spiro atoms. The molecule has 34 heavy (non-hydrogen) atoms. The van der Waals surface area contributed by atoms with E-state index in [1.807, 2.05) is 0 Å². The average Bonchev–Trinajstić information content (AvgIpc) is 3.33. The number of nitrogens with one attached hydrogen (secondary N) is 1. The Morgan fingerprint density at radius 3 is 2.53 bits per heavy atom. The van der Waals surface area contributed by atoms with Crippen molar-refractivity contribution in [2.75, 3.05) is 11.5 Å². The normalized spacial score (nSPS) is 20.7. The van der Waals surface area contributed by atoms with E-state index in [0.717, 1.165) is 23.6 Å². The minimum Gasteiger partial charge on any atom is -0.440 e. The second-order valence-corrected chi connectivity index (χ2v) is 10.0. The Labute approximate surface area is 205 Å². The molecule has 1 N–H and O–H groups in total. The maximum absolute atomic E-state index is 14.3. The van der Waals surface area contributed by atoms with Crippen LogP contribution in [0.25, 0.3) is 11.1 Å². The van der Waals surface area contributed by atoms with Crippen molar-refractivity contribution in [3.05, 3.63) is 63.0 Å². The molecule has 0 saturated carbocycles. The van der Waals surface area contributed by atoms with Gasteiger partial charge in [-0.05, 0) is 30.3 Å². The van der Waals surface area contributed by atoms with Gasteiger partial charge in [-0.3, -0.25) is 4.79 Å². The van der Waals surface area contributed by atoms with Gasteiger partial charge in [-0.25, -0.2) is 4.98 Å². The van der Waals surface area contributed by atoms with Crippen molar-refractivity contribution in [2.45, 2.75) is 31.2 Å². The number of aromatic nitrogens is 1. The zero-order valence-electron chi connectivity index (χ0n) is 17.5. The van der Waals surface area contributed by atoms with Crippen LogP contribution in [-0.2, 0) is 10.4 Å². The predicted molar refractivity (Wildman–Crippen MR) is 124 cm³/mol. The van der Waals surface area contributed by atoms with E-state index < -0.39 is 18.2 Å².